The van der Waals surface area contributed by atoms with E-state index in [4.69, 9.17) is 16.6 Å². The average Bonchev–Trinajstić information content (AvgIpc) is 2.82. The van der Waals surface area contributed by atoms with Crippen LogP contribution in [0.1, 0.15) is 12.0 Å². The lowest BCUT2D eigenvalue weighted by Crippen LogP contribution is -2.13. The summed E-state index contributed by atoms with van der Waals surface area (Å²) in [7, 11) is 0. The Bertz CT molecular complexity index is 1220. The molecule has 160 valence electrons. The molecule has 32 heavy (non-hydrogen) atoms. The van der Waals surface area contributed by atoms with Crippen LogP contribution < -0.4 is 5.32 Å². The maximum atomic E-state index is 12.4. The topological polar surface area (TPSA) is 67.8 Å². The molecule has 5 nitrogen and oxygen atoms in total. The van der Waals surface area contributed by atoms with Crippen molar-refractivity contribution in [2.75, 3.05) is 11.1 Å². The zero-order valence-corrected chi connectivity index (χ0v) is 19.0. The quantitative estimate of drug-likeness (QED) is 0.328. The second-order valence-electron chi connectivity index (χ2n) is 7.13. The summed E-state index contributed by atoms with van der Waals surface area (Å²) in [6.07, 6.45) is 0.321. The minimum absolute atomic E-state index is 0.0833. The summed E-state index contributed by atoms with van der Waals surface area (Å²) in [6.45, 7) is 1.93. The number of anilines is 1. The van der Waals surface area contributed by atoms with Gasteiger partial charge in [-0.1, -0.05) is 90.1 Å². The summed E-state index contributed by atoms with van der Waals surface area (Å²) in [5, 5.41) is 12.8. The highest BCUT2D eigenvalue weighted by atomic mass is 35.5. The highest BCUT2D eigenvalue weighted by Gasteiger charge is 2.14. The van der Waals surface area contributed by atoms with Gasteiger partial charge in [0.05, 0.1) is 0 Å². The lowest BCUT2D eigenvalue weighted by molar-refractivity contribution is -0.115. The zero-order chi connectivity index (χ0) is 22.3. The monoisotopic (exact) mass is 460 g/mol. The molecule has 0 bridgehead atoms. The zero-order valence-electron chi connectivity index (χ0n) is 17.5. The number of hydrogen-bond acceptors (Lipinski definition) is 5. The Morgan fingerprint density at radius 2 is 1.56 bits per heavy atom. The van der Waals surface area contributed by atoms with Crippen molar-refractivity contribution in [3.63, 3.8) is 0 Å². The number of amides is 1. The fourth-order valence-electron chi connectivity index (χ4n) is 3.14. The Morgan fingerprint density at radius 3 is 2.25 bits per heavy atom. The van der Waals surface area contributed by atoms with Gasteiger partial charge in [0.15, 0.2) is 0 Å². The van der Waals surface area contributed by atoms with Crippen molar-refractivity contribution in [3.8, 4) is 22.5 Å². The standard InChI is InChI=1S/C25H21ClN4OS/c1-17-12-13-20(26)16-21(17)27-22(31)14-15-32-25-28-23(18-8-4-2-5-9-18)24(29-30-25)19-10-6-3-7-11-19/h2-13,16H,14-15H2,1H3,(H,27,31). The van der Waals surface area contributed by atoms with Crippen LogP contribution in [0.5, 0.6) is 0 Å². The van der Waals surface area contributed by atoms with E-state index < -0.39 is 0 Å². The van der Waals surface area contributed by atoms with E-state index in [2.05, 4.69) is 15.5 Å². The minimum Gasteiger partial charge on any atom is -0.326 e. The molecule has 0 aliphatic rings. The molecule has 3 aromatic carbocycles. The van der Waals surface area contributed by atoms with Gasteiger partial charge in [0.2, 0.25) is 11.1 Å². The molecular weight excluding hydrogens is 440 g/mol. The number of carbonyl (C=O) groups is 1. The number of aromatic nitrogens is 3. The molecule has 4 aromatic rings. The third-order valence-corrected chi connectivity index (χ3v) is 5.87. The first-order valence-corrected chi connectivity index (χ1v) is 11.5. The molecule has 1 aromatic heterocycles. The van der Waals surface area contributed by atoms with Crippen LogP contribution in [0.4, 0.5) is 5.69 Å². The second-order valence-corrected chi connectivity index (χ2v) is 8.63. The first-order valence-electron chi connectivity index (χ1n) is 10.1. The summed E-state index contributed by atoms with van der Waals surface area (Å²) >= 11 is 7.44. The van der Waals surface area contributed by atoms with Gasteiger partial charge in [0.25, 0.3) is 0 Å². The van der Waals surface area contributed by atoms with Gasteiger partial charge in [-0.3, -0.25) is 4.79 Å². The fraction of sp³-hybridized carbons (Fsp3) is 0.120. The summed E-state index contributed by atoms with van der Waals surface area (Å²) in [5.41, 5.74) is 5.12. The average molecular weight is 461 g/mol. The van der Waals surface area contributed by atoms with Crippen LogP contribution in [-0.2, 0) is 4.79 Å². The first-order chi connectivity index (χ1) is 15.6. The molecule has 0 atom stereocenters. The maximum Gasteiger partial charge on any atom is 0.225 e. The molecule has 0 aliphatic carbocycles. The SMILES string of the molecule is Cc1ccc(Cl)cc1NC(=O)CCSc1nnc(-c2ccccc2)c(-c2ccccc2)n1. The third kappa shape index (κ3) is 5.52. The Hall–Kier alpha value is -3.22. The number of carbonyl (C=O) groups excluding carboxylic acids is 1. The van der Waals surface area contributed by atoms with Crippen LogP contribution >= 0.6 is 23.4 Å². The van der Waals surface area contributed by atoms with Gasteiger partial charge in [-0.05, 0) is 24.6 Å². The molecule has 7 heteroatoms. The number of thioether (sulfide) groups is 1. The van der Waals surface area contributed by atoms with Gasteiger partial charge in [-0.15, -0.1) is 10.2 Å². The molecule has 0 unspecified atom stereocenters. The maximum absolute atomic E-state index is 12.4. The van der Waals surface area contributed by atoms with E-state index in [1.165, 1.54) is 11.8 Å². The molecule has 0 saturated heterocycles. The lowest BCUT2D eigenvalue weighted by atomic mass is 10.0. The van der Waals surface area contributed by atoms with Gasteiger partial charge in [0.1, 0.15) is 11.4 Å². The smallest absolute Gasteiger partial charge is 0.225 e. The number of aryl methyl sites for hydroxylation is 1. The molecule has 0 aliphatic heterocycles. The van der Waals surface area contributed by atoms with Crippen LogP contribution in [0.3, 0.4) is 0 Å². The Labute approximate surface area is 196 Å². The number of nitrogens with zero attached hydrogens (tertiary/aromatic N) is 3. The van der Waals surface area contributed by atoms with E-state index >= 15 is 0 Å². The lowest BCUT2D eigenvalue weighted by Gasteiger charge is -2.10. The van der Waals surface area contributed by atoms with Crippen molar-refractivity contribution in [2.24, 2.45) is 0 Å². The van der Waals surface area contributed by atoms with Gasteiger partial charge >= 0.3 is 0 Å². The molecule has 1 N–H and O–H groups in total. The van der Waals surface area contributed by atoms with Crippen molar-refractivity contribution < 1.29 is 4.79 Å². The molecule has 1 amide bonds. The molecule has 0 fully saturated rings. The van der Waals surface area contributed by atoms with Crippen LogP contribution in [0.25, 0.3) is 22.5 Å². The Balaban J connectivity index is 1.47. The van der Waals surface area contributed by atoms with Gasteiger partial charge in [0, 0.05) is 34.0 Å². The van der Waals surface area contributed by atoms with Crippen molar-refractivity contribution in [2.45, 2.75) is 18.5 Å². The number of halogens is 1. The molecule has 0 saturated carbocycles. The van der Waals surface area contributed by atoms with Crippen LogP contribution in [0.2, 0.25) is 5.02 Å². The number of benzene rings is 3. The van der Waals surface area contributed by atoms with E-state index in [9.17, 15) is 4.79 Å². The first kappa shape index (κ1) is 22.0. The number of rotatable bonds is 7. The highest BCUT2D eigenvalue weighted by Crippen LogP contribution is 2.29. The van der Waals surface area contributed by atoms with Gasteiger partial charge in [-0.2, -0.15) is 0 Å². The van der Waals surface area contributed by atoms with E-state index in [-0.39, 0.29) is 5.91 Å². The number of hydrogen-bond donors (Lipinski definition) is 1. The van der Waals surface area contributed by atoms with Gasteiger partial charge < -0.3 is 5.32 Å². The van der Waals surface area contributed by atoms with E-state index in [0.29, 0.717) is 22.4 Å². The van der Waals surface area contributed by atoms with Gasteiger partial charge in [-0.25, -0.2) is 4.98 Å². The molecule has 1 heterocycles. The normalized spacial score (nSPS) is 10.7. The van der Waals surface area contributed by atoms with E-state index in [1.807, 2.05) is 73.7 Å². The van der Waals surface area contributed by atoms with Crippen LogP contribution in [0.15, 0.2) is 84.0 Å². The Kier molecular flexibility index (Phi) is 7.14. The van der Waals surface area contributed by atoms with Crippen molar-refractivity contribution >= 4 is 35.0 Å². The largest absolute Gasteiger partial charge is 0.326 e. The van der Waals surface area contributed by atoms with Crippen LogP contribution in [0, 0.1) is 6.92 Å². The second kappa shape index (κ2) is 10.4. The summed E-state index contributed by atoms with van der Waals surface area (Å²) in [6, 6.07) is 25.2. The molecular formula is C25H21ClN4OS. The van der Waals surface area contributed by atoms with Crippen molar-refractivity contribution in [1.82, 2.24) is 15.2 Å². The fourth-order valence-corrected chi connectivity index (χ4v) is 4.03. The minimum atomic E-state index is -0.0833. The van der Waals surface area contributed by atoms with Crippen molar-refractivity contribution in [3.05, 3.63) is 89.4 Å². The predicted octanol–water partition coefficient (Wildman–Crippen LogP) is 6.29. The highest BCUT2D eigenvalue weighted by molar-refractivity contribution is 7.99. The van der Waals surface area contributed by atoms with E-state index in [0.717, 1.165) is 33.8 Å². The summed E-state index contributed by atoms with van der Waals surface area (Å²) in [5.74, 6) is 0.450. The predicted molar refractivity (Wildman–Crippen MR) is 131 cm³/mol. The molecule has 0 radical (unpaired) electrons. The summed E-state index contributed by atoms with van der Waals surface area (Å²) < 4.78 is 0. The van der Waals surface area contributed by atoms with Crippen molar-refractivity contribution in [1.29, 1.82) is 0 Å². The molecule has 0 spiro atoms. The number of nitrogens with one attached hydrogen (secondary N) is 1. The molecule has 4 rings (SSSR count). The van der Waals surface area contributed by atoms with Crippen LogP contribution in [-0.4, -0.2) is 26.8 Å². The summed E-state index contributed by atoms with van der Waals surface area (Å²) in [4.78, 5) is 17.1. The Morgan fingerprint density at radius 1 is 0.906 bits per heavy atom. The van der Waals surface area contributed by atoms with E-state index in [1.54, 1.807) is 12.1 Å². The third-order valence-electron chi connectivity index (χ3n) is 4.80.